The summed E-state index contributed by atoms with van der Waals surface area (Å²) in [7, 11) is 0. The molecule has 1 aromatic carbocycles. The predicted octanol–water partition coefficient (Wildman–Crippen LogP) is 4.61. The molecule has 1 saturated carbocycles. The molecule has 1 fully saturated rings. The van der Waals surface area contributed by atoms with Crippen LogP contribution in [-0.4, -0.2) is 5.60 Å². The molecule has 0 aromatic heterocycles. The Bertz CT molecular complexity index is 342. The number of benzene rings is 1. The van der Waals surface area contributed by atoms with Gasteiger partial charge in [0.2, 0.25) is 0 Å². The van der Waals surface area contributed by atoms with Crippen LogP contribution in [0.25, 0.3) is 0 Å². The smallest absolute Gasteiger partial charge is 0.120 e. The molecule has 93 valence electrons. The molecule has 17 heavy (non-hydrogen) atoms. The molecule has 1 radical (unpaired) electrons. The molecule has 1 heteroatoms. The van der Waals surface area contributed by atoms with Gasteiger partial charge in [0.25, 0.3) is 0 Å². The lowest BCUT2D eigenvalue weighted by molar-refractivity contribution is -0.0615. The quantitative estimate of drug-likeness (QED) is 0.722. The first kappa shape index (κ1) is 12.5. The number of ether oxygens (including phenoxy) is 1. The number of hydrogen-bond donors (Lipinski definition) is 0. The summed E-state index contributed by atoms with van der Waals surface area (Å²) in [5, 5.41) is 0. The van der Waals surface area contributed by atoms with Crippen molar-refractivity contribution in [3.63, 3.8) is 0 Å². The highest BCUT2D eigenvalue weighted by Gasteiger charge is 2.44. The minimum absolute atomic E-state index is 0.00655. The molecule has 2 rings (SSSR count). The second-order valence-corrected chi connectivity index (χ2v) is 6.14. The fraction of sp³-hybridized carbons (Fsp3) is 0.625. The summed E-state index contributed by atoms with van der Waals surface area (Å²) >= 11 is 0. The first-order chi connectivity index (χ1) is 8.04. The third kappa shape index (κ3) is 2.65. The molecule has 0 atom stereocenters. The molecule has 1 aromatic rings. The minimum Gasteiger partial charge on any atom is -0.487 e. The fourth-order valence-electron chi connectivity index (χ4n) is 2.79. The molecule has 1 aliphatic rings. The van der Waals surface area contributed by atoms with E-state index in [-0.39, 0.29) is 11.0 Å². The Hall–Kier alpha value is -0.980. The van der Waals surface area contributed by atoms with E-state index in [0.29, 0.717) is 0 Å². The highest BCUT2D eigenvalue weighted by molar-refractivity contribution is 5.22. The molecular weight excluding hydrogens is 208 g/mol. The molecule has 0 heterocycles. The number of hydrogen-bond acceptors (Lipinski definition) is 1. The fourth-order valence-corrected chi connectivity index (χ4v) is 2.79. The van der Waals surface area contributed by atoms with E-state index < -0.39 is 0 Å². The van der Waals surface area contributed by atoms with Crippen LogP contribution in [0.2, 0.25) is 0 Å². The van der Waals surface area contributed by atoms with E-state index in [1.807, 2.05) is 24.3 Å². The van der Waals surface area contributed by atoms with Crippen LogP contribution in [0.5, 0.6) is 5.75 Å². The van der Waals surface area contributed by atoms with Crippen LogP contribution in [0.4, 0.5) is 0 Å². The number of rotatable bonds is 2. The van der Waals surface area contributed by atoms with E-state index in [1.165, 1.54) is 32.1 Å². The van der Waals surface area contributed by atoms with Crippen LogP contribution in [0.3, 0.4) is 0 Å². The molecule has 1 nitrogen and oxygen atoms in total. The third-order valence-corrected chi connectivity index (χ3v) is 4.03. The van der Waals surface area contributed by atoms with E-state index in [0.717, 1.165) is 5.75 Å². The maximum atomic E-state index is 6.39. The Kier molecular flexibility index (Phi) is 3.46. The lowest BCUT2D eigenvalue weighted by atomic mass is 9.68. The van der Waals surface area contributed by atoms with Gasteiger partial charge in [-0.15, -0.1) is 0 Å². The van der Waals surface area contributed by atoms with Gasteiger partial charge in [-0.05, 0) is 43.9 Å². The van der Waals surface area contributed by atoms with Gasteiger partial charge >= 0.3 is 0 Å². The van der Waals surface area contributed by atoms with E-state index in [2.05, 4.69) is 26.8 Å². The van der Waals surface area contributed by atoms with Crippen molar-refractivity contribution in [2.24, 2.45) is 5.41 Å². The monoisotopic (exact) mass is 231 g/mol. The summed E-state index contributed by atoms with van der Waals surface area (Å²) < 4.78 is 6.39. The lowest BCUT2D eigenvalue weighted by Crippen LogP contribution is -2.49. The largest absolute Gasteiger partial charge is 0.487 e. The molecule has 1 aliphatic carbocycles. The zero-order valence-corrected chi connectivity index (χ0v) is 11.3. The third-order valence-electron chi connectivity index (χ3n) is 4.03. The van der Waals surface area contributed by atoms with Crippen molar-refractivity contribution < 1.29 is 4.74 Å². The Morgan fingerprint density at radius 2 is 1.65 bits per heavy atom. The van der Waals surface area contributed by atoms with Gasteiger partial charge in [0.1, 0.15) is 11.4 Å². The summed E-state index contributed by atoms with van der Waals surface area (Å²) in [6, 6.07) is 10.9. The van der Waals surface area contributed by atoms with Gasteiger partial charge in [-0.1, -0.05) is 39.3 Å². The standard InChI is InChI=1S/C16H23O/c1-15(2,3)16(12-8-5-9-13-16)17-14-10-6-4-7-11-14/h6-7,10-11H,5,8-9,12-13H2,1-3H3. The van der Waals surface area contributed by atoms with Gasteiger partial charge in [0, 0.05) is 5.41 Å². The molecule has 0 N–H and O–H groups in total. The highest BCUT2D eigenvalue weighted by Crippen LogP contribution is 2.45. The predicted molar refractivity (Wildman–Crippen MR) is 71.2 cm³/mol. The minimum atomic E-state index is 0.00655. The van der Waals surface area contributed by atoms with Gasteiger partial charge < -0.3 is 4.74 Å². The van der Waals surface area contributed by atoms with Crippen LogP contribution in [0.15, 0.2) is 24.3 Å². The van der Waals surface area contributed by atoms with E-state index in [1.54, 1.807) is 0 Å². The first-order valence-electron chi connectivity index (χ1n) is 6.69. The van der Waals surface area contributed by atoms with Crippen molar-refractivity contribution in [3.05, 3.63) is 30.3 Å². The summed E-state index contributed by atoms with van der Waals surface area (Å²) in [6.45, 7) is 6.90. The highest BCUT2D eigenvalue weighted by atomic mass is 16.5. The van der Waals surface area contributed by atoms with Gasteiger partial charge in [-0.25, -0.2) is 0 Å². The lowest BCUT2D eigenvalue weighted by Gasteiger charge is -2.47. The Morgan fingerprint density at radius 3 is 2.18 bits per heavy atom. The van der Waals surface area contributed by atoms with Gasteiger partial charge in [-0.3, -0.25) is 0 Å². The molecule has 0 aliphatic heterocycles. The van der Waals surface area contributed by atoms with E-state index >= 15 is 0 Å². The molecule has 0 bridgehead atoms. The molecule has 0 unspecified atom stereocenters. The second-order valence-electron chi connectivity index (χ2n) is 6.14. The van der Waals surface area contributed by atoms with Crippen LogP contribution in [-0.2, 0) is 0 Å². The van der Waals surface area contributed by atoms with E-state index in [4.69, 9.17) is 4.74 Å². The maximum absolute atomic E-state index is 6.39. The van der Waals surface area contributed by atoms with Crippen molar-refractivity contribution in [2.45, 2.75) is 58.5 Å². The average molecular weight is 231 g/mol. The van der Waals surface area contributed by atoms with Crippen LogP contribution in [0, 0.1) is 11.5 Å². The van der Waals surface area contributed by atoms with Crippen molar-refractivity contribution in [3.8, 4) is 5.75 Å². The molecular formula is C16H23O. The van der Waals surface area contributed by atoms with Crippen LogP contribution < -0.4 is 4.74 Å². The van der Waals surface area contributed by atoms with Crippen LogP contribution >= 0.6 is 0 Å². The average Bonchev–Trinajstić information content (AvgIpc) is 2.30. The second kappa shape index (κ2) is 4.72. The molecule has 0 saturated heterocycles. The zero-order valence-electron chi connectivity index (χ0n) is 11.3. The Balaban J connectivity index is 2.22. The SMILES string of the molecule is CC(C)(C)C1(Oc2cc[c]cc2)CCCCC1. The van der Waals surface area contributed by atoms with Crippen molar-refractivity contribution in [2.75, 3.05) is 0 Å². The van der Waals surface area contributed by atoms with Crippen molar-refractivity contribution in [1.82, 2.24) is 0 Å². The van der Waals surface area contributed by atoms with Gasteiger partial charge in [0.15, 0.2) is 0 Å². The molecule has 0 amide bonds. The van der Waals surface area contributed by atoms with Gasteiger partial charge in [-0.2, -0.15) is 0 Å². The summed E-state index contributed by atoms with van der Waals surface area (Å²) in [6.07, 6.45) is 6.28. The first-order valence-corrected chi connectivity index (χ1v) is 6.69. The molecule has 0 spiro atoms. The van der Waals surface area contributed by atoms with Crippen LogP contribution in [0.1, 0.15) is 52.9 Å². The maximum Gasteiger partial charge on any atom is 0.120 e. The van der Waals surface area contributed by atoms with Gasteiger partial charge in [0.05, 0.1) is 0 Å². The zero-order chi connectivity index (χ0) is 12.4. The summed E-state index contributed by atoms with van der Waals surface area (Å²) in [4.78, 5) is 0. The Morgan fingerprint density at radius 1 is 1.06 bits per heavy atom. The summed E-state index contributed by atoms with van der Waals surface area (Å²) in [5.74, 6) is 0.987. The summed E-state index contributed by atoms with van der Waals surface area (Å²) in [5.41, 5.74) is 0.194. The topological polar surface area (TPSA) is 9.23 Å². The Labute approximate surface area is 105 Å². The normalized spacial score (nSPS) is 19.9. The van der Waals surface area contributed by atoms with Crippen molar-refractivity contribution >= 4 is 0 Å². The van der Waals surface area contributed by atoms with E-state index in [9.17, 15) is 0 Å². The van der Waals surface area contributed by atoms with Crippen molar-refractivity contribution in [1.29, 1.82) is 0 Å².